The molecule has 8 heteroatoms. The molecular weight excluding hydrogens is 409 g/mol. The van der Waals surface area contributed by atoms with Gasteiger partial charge >= 0.3 is 0 Å². The molecule has 2 aromatic carbocycles. The molecule has 4 aromatic rings. The number of hydrogen-bond donors (Lipinski definition) is 2. The van der Waals surface area contributed by atoms with Gasteiger partial charge in [0, 0.05) is 17.6 Å². The first-order valence-corrected chi connectivity index (χ1v) is 9.27. The van der Waals surface area contributed by atoms with Crippen LogP contribution in [0, 0.1) is 12.7 Å². The highest BCUT2D eigenvalue weighted by Gasteiger charge is 2.15. The molecule has 30 heavy (non-hydrogen) atoms. The lowest BCUT2D eigenvalue weighted by molar-refractivity contribution is 0.102. The van der Waals surface area contributed by atoms with E-state index in [1.807, 2.05) is 13.0 Å². The number of aryl methyl sites for hydroxylation is 1. The number of fused-ring (bicyclic) bond motifs is 1. The molecule has 0 saturated heterocycles. The van der Waals surface area contributed by atoms with Crippen molar-refractivity contribution in [3.8, 4) is 5.75 Å². The summed E-state index contributed by atoms with van der Waals surface area (Å²) in [6.07, 6.45) is 1.63. The minimum absolute atomic E-state index is 0.00179. The summed E-state index contributed by atoms with van der Waals surface area (Å²) in [7, 11) is 0. The van der Waals surface area contributed by atoms with Crippen LogP contribution >= 0.6 is 11.6 Å². The first-order valence-electron chi connectivity index (χ1n) is 8.90. The van der Waals surface area contributed by atoms with E-state index >= 15 is 0 Å². The number of phenolic OH excluding ortho intramolecular Hbond substituents is 1. The Morgan fingerprint density at radius 2 is 2.00 bits per heavy atom. The van der Waals surface area contributed by atoms with Gasteiger partial charge in [-0.2, -0.15) is 0 Å². The van der Waals surface area contributed by atoms with Crippen LogP contribution in [0.5, 0.6) is 5.75 Å². The Morgan fingerprint density at radius 3 is 2.73 bits per heavy atom. The zero-order valence-electron chi connectivity index (χ0n) is 15.7. The third-order valence-corrected chi connectivity index (χ3v) is 4.57. The molecule has 0 bridgehead atoms. The molecule has 150 valence electrons. The van der Waals surface area contributed by atoms with Crippen molar-refractivity contribution in [2.45, 2.75) is 6.92 Å². The number of anilines is 1. The average molecular weight is 424 g/mol. The van der Waals surface area contributed by atoms with E-state index in [9.17, 15) is 14.3 Å². The summed E-state index contributed by atoms with van der Waals surface area (Å²) < 4.78 is 19.1. The van der Waals surface area contributed by atoms with Gasteiger partial charge in [-0.3, -0.25) is 4.79 Å². The Hall–Kier alpha value is -3.71. The van der Waals surface area contributed by atoms with Gasteiger partial charge in [-0.15, -0.1) is 0 Å². The topological polar surface area (TPSA) is 87.7 Å². The number of nitrogens with zero attached hydrogens (tertiary/aromatic N) is 2. The summed E-state index contributed by atoms with van der Waals surface area (Å²) in [5, 5.41) is 13.1. The fourth-order valence-electron chi connectivity index (χ4n) is 2.76. The summed E-state index contributed by atoms with van der Waals surface area (Å²) >= 11 is 6.07. The fraction of sp³-hybridized carbons (Fsp3) is 0.0455. The first-order chi connectivity index (χ1) is 14.4. The number of carbonyl (C=O) groups is 1. The number of carbonyl (C=O) groups excluding carboxylic acids is 1. The van der Waals surface area contributed by atoms with Crippen LogP contribution in [0.15, 0.2) is 70.2 Å². The second kappa shape index (κ2) is 7.96. The lowest BCUT2D eigenvalue weighted by atomic mass is 10.1. The number of benzene rings is 2. The van der Waals surface area contributed by atoms with Gasteiger partial charge in [0.05, 0.1) is 10.7 Å². The zero-order chi connectivity index (χ0) is 21.3. The Balaban J connectivity index is 1.86. The molecule has 0 aliphatic carbocycles. The van der Waals surface area contributed by atoms with E-state index in [1.165, 1.54) is 24.3 Å². The Labute approximate surface area is 175 Å². The molecule has 4 rings (SSSR count). The average Bonchev–Trinajstić information content (AvgIpc) is 2.71. The number of phenols is 1. The van der Waals surface area contributed by atoms with Crippen molar-refractivity contribution in [1.82, 2.24) is 4.98 Å². The SMILES string of the molecule is Cc1ccc(NC(=O)c2cc3ccc(O)cc3oc2=Nc2ccc(F)cc2Cl)nc1. The molecule has 2 heterocycles. The van der Waals surface area contributed by atoms with E-state index in [0.717, 1.165) is 11.6 Å². The predicted molar refractivity (Wildman–Crippen MR) is 111 cm³/mol. The highest BCUT2D eigenvalue weighted by Crippen LogP contribution is 2.26. The quantitative estimate of drug-likeness (QED) is 0.478. The summed E-state index contributed by atoms with van der Waals surface area (Å²) in [5.74, 6) is -0.648. The van der Waals surface area contributed by atoms with Gasteiger partial charge in [0.1, 0.15) is 28.5 Å². The van der Waals surface area contributed by atoms with E-state index in [-0.39, 0.29) is 27.6 Å². The molecule has 0 saturated carbocycles. The van der Waals surface area contributed by atoms with Crippen molar-refractivity contribution in [3.63, 3.8) is 0 Å². The molecular formula is C22H15ClFN3O3. The van der Waals surface area contributed by atoms with E-state index in [4.69, 9.17) is 16.0 Å². The molecule has 0 atom stereocenters. The van der Waals surface area contributed by atoms with Crippen LogP contribution in [0.2, 0.25) is 5.02 Å². The predicted octanol–water partition coefficient (Wildman–Crippen LogP) is 5.12. The Morgan fingerprint density at radius 1 is 1.17 bits per heavy atom. The van der Waals surface area contributed by atoms with Crippen molar-refractivity contribution in [1.29, 1.82) is 0 Å². The lowest BCUT2D eigenvalue weighted by Gasteiger charge is -2.07. The molecule has 0 spiro atoms. The number of aromatic nitrogens is 1. The molecule has 0 aliphatic heterocycles. The highest BCUT2D eigenvalue weighted by molar-refractivity contribution is 6.32. The number of amides is 1. The zero-order valence-corrected chi connectivity index (χ0v) is 16.4. The van der Waals surface area contributed by atoms with E-state index in [1.54, 1.807) is 24.4 Å². The third kappa shape index (κ3) is 4.16. The summed E-state index contributed by atoms with van der Waals surface area (Å²) in [6.45, 7) is 1.89. The monoisotopic (exact) mass is 423 g/mol. The highest BCUT2D eigenvalue weighted by atomic mass is 35.5. The van der Waals surface area contributed by atoms with Gasteiger partial charge in [-0.1, -0.05) is 17.7 Å². The van der Waals surface area contributed by atoms with Crippen LogP contribution in [-0.4, -0.2) is 16.0 Å². The van der Waals surface area contributed by atoms with Crippen molar-refractivity contribution in [2.24, 2.45) is 4.99 Å². The van der Waals surface area contributed by atoms with Crippen molar-refractivity contribution in [2.75, 3.05) is 5.32 Å². The van der Waals surface area contributed by atoms with Crippen LogP contribution in [0.4, 0.5) is 15.9 Å². The number of rotatable bonds is 3. The summed E-state index contributed by atoms with van der Waals surface area (Å²) in [6, 6.07) is 13.3. The third-order valence-electron chi connectivity index (χ3n) is 4.26. The number of nitrogens with one attached hydrogen (secondary N) is 1. The van der Waals surface area contributed by atoms with Crippen LogP contribution in [0.1, 0.15) is 15.9 Å². The molecule has 6 nitrogen and oxygen atoms in total. The molecule has 0 fully saturated rings. The van der Waals surface area contributed by atoms with Crippen molar-refractivity contribution < 1.29 is 18.7 Å². The molecule has 2 aromatic heterocycles. The molecule has 2 N–H and O–H groups in total. The van der Waals surface area contributed by atoms with Crippen molar-refractivity contribution >= 4 is 40.0 Å². The van der Waals surface area contributed by atoms with E-state index in [0.29, 0.717) is 16.8 Å². The molecule has 0 radical (unpaired) electrons. The lowest BCUT2D eigenvalue weighted by Crippen LogP contribution is -2.22. The van der Waals surface area contributed by atoms with Crippen LogP contribution in [0.25, 0.3) is 11.0 Å². The smallest absolute Gasteiger partial charge is 0.262 e. The van der Waals surface area contributed by atoms with E-state index in [2.05, 4.69) is 15.3 Å². The van der Waals surface area contributed by atoms with Gasteiger partial charge in [-0.05, 0) is 55.0 Å². The number of aromatic hydroxyl groups is 1. The van der Waals surface area contributed by atoms with Gasteiger partial charge in [-0.25, -0.2) is 14.4 Å². The molecule has 0 aliphatic rings. The second-order valence-electron chi connectivity index (χ2n) is 6.57. The van der Waals surface area contributed by atoms with E-state index < -0.39 is 11.7 Å². The first kappa shape index (κ1) is 19.6. The maximum absolute atomic E-state index is 13.4. The Kier molecular flexibility index (Phi) is 5.20. The molecule has 1 amide bonds. The van der Waals surface area contributed by atoms with Gasteiger partial charge in [0.2, 0.25) is 5.55 Å². The number of pyridine rings is 1. The largest absolute Gasteiger partial charge is 0.508 e. The van der Waals surface area contributed by atoms with Crippen LogP contribution in [0.3, 0.4) is 0 Å². The summed E-state index contributed by atoms with van der Waals surface area (Å²) in [5.41, 5.74) is 1.57. The minimum Gasteiger partial charge on any atom is -0.508 e. The summed E-state index contributed by atoms with van der Waals surface area (Å²) in [4.78, 5) is 21.4. The fourth-order valence-corrected chi connectivity index (χ4v) is 2.97. The van der Waals surface area contributed by atoms with Crippen LogP contribution < -0.4 is 10.9 Å². The minimum atomic E-state index is -0.511. The standard InChI is InChI=1S/C22H15ClFN3O3/c1-12-2-7-20(25-11-12)27-21(29)16-8-13-3-5-15(28)10-19(13)30-22(16)26-18-6-4-14(24)9-17(18)23/h2-11,28H,1H3,(H,25,27,29). The normalized spacial score (nSPS) is 11.6. The molecule has 0 unspecified atom stereocenters. The van der Waals surface area contributed by atoms with Crippen molar-refractivity contribution in [3.05, 3.63) is 88.3 Å². The van der Waals surface area contributed by atoms with Crippen LogP contribution in [-0.2, 0) is 0 Å². The number of halogens is 2. The van der Waals surface area contributed by atoms with Gasteiger partial charge < -0.3 is 14.8 Å². The second-order valence-corrected chi connectivity index (χ2v) is 6.98. The number of hydrogen-bond acceptors (Lipinski definition) is 5. The van der Waals surface area contributed by atoms with Gasteiger partial charge in [0.25, 0.3) is 5.91 Å². The Bertz CT molecular complexity index is 1330. The maximum Gasteiger partial charge on any atom is 0.262 e. The maximum atomic E-state index is 13.4. The van der Waals surface area contributed by atoms with Gasteiger partial charge in [0.15, 0.2) is 0 Å².